The Morgan fingerprint density at radius 1 is 1.44 bits per heavy atom. The monoisotopic (exact) mass is 246 g/mol. The van der Waals surface area contributed by atoms with Crippen molar-refractivity contribution < 1.29 is 4.74 Å². The predicted molar refractivity (Wildman–Crippen MR) is 74.3 cm³/mol. The molecule has 0 bridgehead atoms. The first-order valence-electron chi connectivity index (χ1n) is 6.97. The van der Waals surface area contributed by atoms with E-state index in [1.165, 1.54) is 29.7 Å². The number of nitrogens with one attached hydrogen (secondary N) is 1. The molecule has 3 rings (SSSR count). The van der Waals surface area contributed by atoms with Crippen LogP contribution in [0, 0.1) is 0 Å². The Morgan fingerprint density at radius 3 is 3.22 bits per heavy atom. The average Bonchev–Trinajstić information content (AvgIpc) is 2.79. The van der Waals surface area contributed by atoms with Crippen LogP contribution in [0.2, 0.25) is 0 Å². The fourth-order valence-corrected chi connectivity index (χ4v) is 2.92. The van der Waals surface area contributed by atoms with Gasteiger partial charge < -0.3 is 15.0 Å². The van der Waals surface area contributed by atoms with Gasteiger partial charge in [0.1, 0.15) is 0 Å². The van der Waals surface area contributed by atoms with Crippen LogP contribution < -0.4 is 10.2 Å². The lowest BCUT2D eigenvalue weighted by atomic mass is 10.0. The highest BCUT2D eigenvalue weighted by molar-refractivity contribution is 5.58. The quantitative estimate of drug-likeness (QED) is 0.877. The Labute approximate surface area is 109 Å². The molecular formula is C15H22N2O. The summed E-state index contributed by atoms with van der Waals surface area (Å²) in [6.07, 6.45) is 3.52. The van der Waals surface area contributed by atoms with Crippen molar-refractivity contribution in [3.05, 3.63) is 29.3 Å². The van der Waals surface area contributed by atoms with Crippen molar-refractivity contribution in [2.75, 3.05) is 38.3 Å². The molecule has 1 atom stereocenters. The highest BCUT2D eigenvalue weighted by Crippen LogP contribution is 2.27. The first kappa shape index (κ1) is 12.0. The van der Waals surface area contributed by atoms with Gasteiger partial charge in [-0.1, -0.05) is 12.1 Å². The molecule has 1 aromatic carbocycles. The lowest BCUT2D eigenvalue weighted by Crippen LogP contribution is -2.41. The van der Waals surface area contributed by atoms with Gasteiger partial charge in [-0.2, -0.15) is 0 Å². The van der Waals surface area contributed by atoms with E-state index in [0.29, 0.717) is 6.04 Å². The highest BCUT2D eigenvalue weighted by Gasteiger charge is 2.16. The number of hydrogen-bond donors (Lipinski definition) is 1. The molecule has 3 nitrogen and oxygen atoms in total. The van der Waals surface area contributed by atoms with Gasteiger partial charge in [-0.3, -0.25) is 0 Å². The first-order chi connectivity index (χ1) is 8.83. The van der Waals surface area contributed by atoms with E-state index in [1.54, 1.807) is 0 Å². The molecule has 0 amide bonds. The third-order valence-electron chi connectivity index (χ3n) is 4.05. The molecule has 2 aliphatic rings. The van der Waals surface area contributed by atoms with Crippen LogP contribution in [0.5, 0.6) is 0 Å². The summed E-state index contributed by atoms with van der Waals surface area (Å²) in [6.45, 7) is 3.89. The molecule has 1 aromatic rings. The van der Waals surface area contributed by atoms with E-state index in [0.717, 1.165) is 32.7 Å². The third-order valence-corrected chi connectivity index (χ3v) is 4.05. The van der Waals surface area contributed by atoms with Gasteiger partial charge in [-0.15, -0.1) is 0 Å². The molecule has 0 saturated carbocycles. The molecule has 2 heterocycles. The number of benzene rings is 1. The SMILES string of the molecule is CN1CCc2cc(CCC3COCCN3)ccc21. The van der Waals surface area contributed by atoms with E-state index in [9.17, 15) is 0 Å². The Balaban J connectivity index is 1.60. The molecule has 0 aliphatic carbocycles. The number of likely N-dealkylation sites (N-methyl/N-ethyl adjacent to an activating group) is 1. The summed E-state index contributed by atoms with van der Waals surface area (Å²) in [4.78, 5) is 2.34. The van der Waals surface area contributed by atoms with Crippen LogP contribution in [0.25, 0.3) is 0 Å². The van der Waals surface area contributed by atoms with Gasteiger partial charge >= 0.3 is 0 Å². The van der Waals surface area contributed by atoms with Gasteiger partial charge in [0.25, 0.3) is 0 Å². The topological polar surface area (TPSA) is 24.5 Å². The van der Waals surface area contributed by atoms with Crippen molar-refractivity contribution in [2.24, 2.45) is 0 Å². The molecular weight excluding hydrogens is 224 g/mol. The average molecular weight is 246 g/mol. The zero-order valence-corrected chi connectivity index (χ0v) is 11.1. The predicted octanol–water partition coefficient (Wildman–Crippen LogP) is 1.60. The Kier molecular flexibility index (Phi) is 3.52. The second kappa shape index (κ2) is 5.29. The maximum absolute atomic E-state index is 5.49. The molecule has 3 heteroatoms. The number of hydrogen-bond acceptors (Lipinski definition) is 3. The number of rotatable bonds is 3. The minimum absolute atomic E-state index is 0.537. The maximum atomic E-state index is 5.49. The van der Waals surface area contributed by atoms with Gasteiger partial charge in [-0.05, 0) is 36.5 Å². The van der Waals surface area contributed by atoms with E-state index in [4.69, 9.17) is 4.74 Å². The zero-order chi connectivity index (χ0) is 12.4. The summed E-state index contributed by atoms with van der Waals surface area (Å²) >= 11 is 0. The summed E-state index contributed by atoms with van der Waals surface area (Å²) in [6, 6.07) is 7.49. The Morgan fingerprint density at radius 2 is 2.39 bits per heavy atom. The molecule has 1 fully saturated rings. The van der Waals surface area contributed by atoms with Crippen LogP contribution in [0.4, 0.5) is 5.69 Å². The fourth-order valence-electron chi connectivity index (χ4n) is 2.92. The Bertz CT molecular complexity index is 413. The number of fused-ring (bicyclic) bond motifs is 1. The van der Waals surface area contributed by atoms with E-state index in [2.05, 4.69) is 35.5 Å². The smallest absolute Gasteiger partial charge is 0.0620 e. The lowest BCUT2D eigenvalue weighted by Gasteiger charge is -2.23. The van der Waals surface area contributed by atoms with Gasteiger partial charge in [0.15, 0.2) is 0 Å². The van der Waals surface area contributed by atoms with Crippen LogP contribution >= 0.6 is 0 Å². The summed E-state index contributed by atoms with van der Waals surface area (Å²) in [5, 5.41) is 3.52. The molecule has 98 valence electrons. The van der Waals surface area contributed by atoms with Crippen molar-refractivity contribution >= 4 is 5.69 Å². The van der Waals surface area contributed by atoms with Crippen molar-refractivity contribution in [1.82, 2.24) is 5.32 Å². The third kappa shape index (κ3) is 2.52. The van der Waals surface area contributed by atoms with Crippen LogP contribution in [0.15, 0.2) is 18.2 Å². The normalized spacial score (nSPS) is 23.2. The van der Waals surface area contributed by atoms with Crippen molar-refractivity contribution in [1.29, 1.82) is 0 Å². The summed E-state index contributed by atoms with van der Waals surface area (Å²) in [5.41, 5.74) is 4.40. The second-order valence-electron chi connectivity index (χ2n) is 5.40. The van der Waals surface area contributed by atoms with Crippen molar-refractivity contribution in [3.63, 3.8) is 0 Å². The van der Waals surface area contributed by atoms with E-state index in [-0.39, 0.29) is 0 Å². The number of ether oxygens (including phenoxy) is 1. The number of nitrogens with zero attached hydrogens (tertiary/aromatic N) is 1. The summed E-state index contributed by atoms with van der Waals surface area (Å²) in [7, 11) is 2.18. The standard InChI is InChI=1S/C15H22N2O/c1-17-8-6-13-10-12(3-5-15(13)17)2-4-14-11-18-9-7-16-14/h3,5,10,14,16H,2,4,6-9,11H2,1H3. The van der Waals surface area contributed by atoms with Gasteiger partial charge in [0.05, 0.1) is 13.2 Å². The number of aryl methyl sites for hydroxylation is 1. The van der Waals surface area contributed by atoms with E-state index in [1.807, 2.05) is 0 Å². The molecule has 1 N–H and O–H groups in total. The van der Waals surface area contributed by atoms with Crippen LogP contribution in [0.3, 0.4) is 0 Å². The summed E-state index contributed by atoms with van der Waals surface area (Å²) in [5.74, 6) is 0. The minimum Gasteiger partial charge on any atom is -0.379 e. The number of anilines is 1. The van der Waals surface area contributed by atoms with Crippen LogP contribution in [-0.2, 0) is 17.6 Å². The van der Waals surface area contributed by atoms with Gasteiger partial charge in [0, 0.05) is 31.9 Å². The van der Waals surface area contributed by atoms with Crippen molar-refractivity contribution in [3.8, 4) is 0 Å². The summed E-state index contributed by atoms with van der Waals surface area (Å²) < 4.78 is 5.49. The van der Waals surface area contributed by atoms with Gasteiger partial charge in [0.2, 0.25) is 0 Å². The van der Waals surface area contributed by atoms with Crippen LogP contribution in [-0.4, -0.2) is 39.4 Å². The lowest BCUT2D eigenvalue weighted by molar-refractivity contribution is 0.0743. The molecule has 0 aromatic heterocycles. The van der Waals surface area contributed by atoms with Gasteiger partial charge in [-0.25, -0.2) is 0 Å². The molecule has 1 unspecified atom stereocenters. The zero-order valence-electron chi connectivity index (χ0n) is 11.1. The molecule has 2 aliphatic heterocycles. The highest BCUT2D eigenvalue weighted by atomic mass is 16.5. The molecule has 0 radical (unpaired) electrons. The molecule has 1 saturated heterocycles. The second-order valence-corrected chi connectivity index (χ2v) is 5.40. The molecule has 18 heavy (non-hydrogen) atoms. The molecule has 0 spiro atoms. The van der Waals surface area contributed by atoms with E-state index >= 15 is 0 Å². The fraction of sp³-hybridized carbons (Fsp3) is 0.600. The number of morpholine rings is 1. The maximum Gasteiger partial charge on any atom is 0.0620 e. The Hall–Kier alpha value is -1.06. The first-order valence-corrected chi connectivity index (χ1v) is 6.97. The largest absolute Gasteiger partial charge is 0.379 e. The van der Waals surface area contributed by atoms with E-state index < -0.39 is 0 Å². The van der Waals surface area contributed by atoms with Crippen molar-refractivity contribution in [2.45, 2.75) is 25.3 Å². The van der Waals surface area contributed by atoms with Crippen LogP contribution in [0.1, 0.15) is 17.5 Å². The minimum atomic E-state index is 0.537.